The van der Waals surface area contributed by atoms with Crippen molar-refractivity contribution in [3.8, 4) is 11.5 Å². The molecule has 10 heteroatoms. The van der Waals surface area contributed by atoms with E-state index in [0.29, 0.717) is 57.3 Å². The summed E-state index contributed by atoms with van der Waals surface area (Å²) in [5.41, 5.74) is 2.59. The molecule has 0 aliphatic carbocycles. The van der Waals surface area contributed by atoms with Crippen molar-refractivity contribution >= 4 is 51.7 Å². The van der Waals surface area contributed by atoms with Gasteiger partial charge in [0.1, 0.15) is 15.8 Å². The maximum absolute atomic E-state index is 13.5. The van der Waals surface area contributed by atoms with E-state index < -0.39 is 0 Å². The lowest BCUT2D eigenvalue weighted by Crippen LogP contribution is -2.30. The molecule has 0 saturated carbocycles. The van der Waals surface area contributed by atoms with Gasteiger partial charge in [-0.15, -0.1) is 0 Å². The molecule has 3 aromatic rings. The van der Waals surface area contributed by atoms with Crippen LogP contribution in [0, 0.1) is 6.92 Å². The van der Waals surface area contributed by atoms with E-state index in [-0.39, 0.29) is 11.5 Å². The molecule has 4 rings (SSSR count). The zero-order chi connectivity index (χ0) is 26.5. The van der Waals surface area contributed by atoms with Crippen molar-refractivity contribution < 1.29 is 14.3 Å². The zero-order valence-corrected chi connectivity index (χ0v) is 23.0. The van der Waals surface area contributed by atoms with Gasteiger partial charge in [0.05, 0.1) is 24.7 Å². The Bertz CT molecular complexity index is 1430. The van der Waals surface area contributed by atoms with E-state index in [0.717, 1.165) is 24.0 Å². The molecule has 3 heterocycles. The molecule has 1 aromatic carbocycles. The largest absolute Gasteiger partial charge is 0.493 e. The highest BCUT2D eigenvalue weighted by Crippen LogP contribution is 2.34. The van der Waals surface area contributed by atoms with Gasteiger partial charge in [-0.25, -0.2) is 4.98 Å². The maximum Gasteiger partial charge on any atom is 0.267 e. The number of nitrogens with zero attached hydrogens (tertiary/aromatic N) is 3. The van der Waals surface area contributed by atoms with Gasteiger partial charge >= 0.3 is 0 Å². The van der Waals surface area contributed by atoms with Gasteiger partial charge < -0.3 is 14.8 Å². The number of aromatic nitrogens is 2. The zero-order valence-electron chi connectivity index (χ0n) is 21.4. The Kier molecular flexibility index (Phi) is 8.50. The van der Waals surface area contributed by atoms with Crippen LogP contribution in [0.4, 0.5) is 5.82 Å². The lowest BCUT2D eigenvalue weighted by molar-refractivity contribution is -0.122. The lowest BCUT2D eigenvalue weighted by atomic mass is 10.1. The van der Waals surface area contributed by atoms with Crippen molar-refractivity contribution in [3.05, 3.63) is 68.5 Å². The molecule has 0 unspecified atom stereocenters. The third-order valence-electron chi connectivity index (χ3n) is 6.13. The summed E-state index contributed by atoms with van der Waals surface area (Å²) in [4.78, 5) is 33.5. The van der Waals surface area contributed by atoms with Crippen LogP contribution in [-0.4, -0.2) is 51.8 Å². The standard InChI is InChI=1S/C27H30N4O4S2/c1-5-6-12-28-23-19(25(32)30-13-7-8-17(2)24(30)29-23)16-22-26(33)31(27(36)37-22)14-11-18-9-10-20(34-3)21(15-18)35-4/h7-10,13,15-16,28H,5-6,11-12,14H2,1-4H3/b22-16-. The number of thioether (sulfide) groups is 1. The van der Waals surface area contributed by atoms with Crippen molar-refractivity contribution in [2.75, 3.05) is 32.6 Å². The van der Waals surface area contributed by atoms with E-state index in [2.05, 4.69) is 12.2 Å². The van der Waals surface area contributed by atoms with Crippen LogP contribution < -0.4 is 20.3 Å². The number of fused-ring (bicyclic) bond motifs is 1. The minimum Gasteiger partial charge on any atom is -0.493 e. The van der Waals surface area contributed by atoms with Crippen molar-refractivity contribution in [1.82, 2.24) is 14.3 Å². The second-order valence-corrected chi connectivity index (χ2v) is 10.3. The quantitative estimate of drug-likeness (QED) is 0.226. The van der Waals surface area contributed by atoms with E-state index in [1.165, 1.54) is 16.2 Å². The molecule has 0 spiro atoms. The number of hydrogen-bond acceptors (Lipinski definition) is 8. The number of carbonyl (C=O) groups excluding carboxylic acids is 1. The van der Waals surface area contributed by atoms with Gasteiger partial charge in [0, 0.05) is 19.3 Å². The molecule has 1 aliphatic rings. The third-order valence-corrected chi connectivity index (χ3v) is 7.51. The number of hydrogen-bond donors (Lipinski definition) is 1. The Morgan fingerprint density at radius 2 is 1.95 bits per heavy atom. The van der Waals surface area contributed by atoms with E-state index in [4.69, 9.17) is 26.7 Å². The summed E-state index contributed by atoms with van der Waals surface area (Å²) < 4.78 is 12.7. The summed E-state index contributed by atoms with van der Waals surface area (Å²) in [6.07, 6.45) is 5.84. The van der Waals surface area contributed by atoms with Crippen LogP contribution in [0.1, 0.15) is 36.5 Å². The average Bonchev–Trinajstić information content (AvgIpc) is 3.17. The molecule has 1 saturated heterocycles. The van der Waals surface area contributed by atoms with E-state index in [9.17, 15) is 9.59 Å². The van der Waals surface area contributed by atoms with Crippen molar-refractivity contribution in [1.29, 1.82) is 0 Å². The molecule has 2 aromatic heterocycles. The Morgan fingerprint density at radius 3 is 2.68 bits per heavy atom. The summed E-state index contributed by atoms with van der Waals surface area (Å²) in [6.45, 7) is 5.11. The average molecular weight is 539 g/mol. The third kappa shape index (κ3) is 5.65. The smallest absolute Gasteiger partial charge is 0.267 e. The van der Waals surface area contributed by atoms with Crippen LogP contribution in [0.3, 0.4) is 0 Å². The first-order chi connectivity index (χ1) is 17.9. The Morgan fingerprint density at radius 1 is 1.16 bits per heavy atom. The van der Waals surface area contributed by atoms with Gasteiger partial charge in [-0.2, -0.15) is 0 Å². The van der Waals surface area contributed by atoms with E-state index in [1.54, 1.807) is 31.4 Å². The number of carbonyl (C=O) groups is 1. The summed E-state index contributed by atoms with van der Waals surface area (Å²) in [7, 11) is 3.18. The number of aryl methyl sites for hydroxylation is 1. The number of benzene rings is 1. The number of anilines is 1. The van der Waals surface area contributed by atoms with Gasteiger partial charge in [-0.05, 0) is 55.2 Å². The van der Waals surface area contributed by atoms with Crippen LogP contribution >= 0.6 is 24.0 Å². The Hall–Kier alpha value is -3.37. The topological polar surface area (TPSA) is 85.2 Å². The number of pyridine rings is 1. The number of ether oxygens (including phenoxy) is 2. The summed E-state index contributed by atoms with van der Waals surface area (Å²) in [5, 5.41) is 3.29. The SMILES string of the molecule is CCCCNc1nc2c(C)cccn2c(=O)c1/C=C1\SC(=S)N(CCc2ccc(OC)c(OC)c2)C1=O. The monoisotopic (exact) mass is 538 g/mol. The normalized spacial score (nSPS) is 14.6. The van der Waals surface area contributed by atoms with Crippen LogP contribution in [0.5, 0.6) is 11.5 Å². The second-order valence-electron chi connectivity index (χ2n) is 8.62. The molecule has 37 heavy (non-hydrogen) atoms. The highest BCUT2D eigenvalue weighted by Gasteiger charge is 2.32. The molecule has 1 N–H and O–H groups in total. The number of thiocarbonyl (C=S) groups is 1. The van der Waals surface area contributed by atoms with Gasteiger partial charge in [0.15, 0.2) is 11.5 Å². The number of methoxy groups -OCH3 is 2. The highest BCUT2D eigenvalue weighted by molar-refractivity contribution is 8.26. The molecule has 0 radical (unpaired) electrons. The Labute approximate surface area is 225 Å². The molecule has 1 fully saturated rings. The first-order valence-corrected chi connectivity index (χ1v) is 13.3. The lowest BCUT2D eigenvalue weighted by Gasteiger charge is -2.15. The van der Waals surface area contributed by atoms with Gasteiger partial charge in [0.25, 0.3) is 11.5 Å². The predicted octanol–water partition coefficient (Wildman–Crippen LogP) is 4.68. The minimum atomic E-state index is -0.233. The maximum atomic E-state index is 13.5. The van der Waals surface area contributed by atoms with Gasteiger partial charge in [-0.3, -0.25) is 18.9 Å². The fourth-order valence-electron chi connectivity index (χ4n) is 4.06. The number of nitrogens with one attached hydrogen (secondary N) is 1. The highest BCUT2D eigenvalue weighted by atomic mass is 32.2. The predicted molar refractivity (Wildman–Crippen MR) is 153 cm³/mol. The minimum absolute atomic E-state index is 0.219. The van der Waals surface area contributed by atoms with Crippen LogP contribution in [0.25, 0.3) is 11.7 Å². The summed E-state index contributed by atoms with van der Waals surface area (Å²) in [5.74, 6) is 1.54. The molecule has 0 bridgehead atoms. The first-order valence-electron chi connectivity index (χ1n) is 12.1. The molecule has 194 valence electrons. The summed E-state index contributed by atoms with van der Waals surface area (Å²) in [6, 6.07) is 9.40. The molecular formula is C27H30N4O4S2. The number of unbranched alkanes of at least 4 members (excludes halogenated alkanes) is 1. The molecule has 8 nitrogen and oxygen atoms in total. The summed E-state index contributed by atoms with van der Waals surface area (Å²) >= 11 is 6.73. The number of amides is 1. The van der Waals surface area contributed by atoms with Crippen LogP contribution in [0.15, 0.2) is 46.2 Å². The van der Waals surface area contributed by atoms with Crippen molar-refractivity contribution in [3.63, 3.8) is 0 Å². The second kappa shape index (κ2) is 11.8. The molecule has 1 amide bonds. The van der Waals surface area contributed by atoms with Crippen LogP contribution in [0.2, 0.25) is 0 Å². The number of rotatable bonds is 10. The fraction of sp³-hybridized carbons (Fsp3) is 0.333. The molecular weight excluding hydrogens is 508 g/mol. The van der Waals surface area contributed by atoms with E-state index >= 15 is 0 Å². The van der Waals surface area contributed by atoms with Crippen molar-refractivity contribution in [2.24, 2.45) is 0 Å². The first kappa shape index (κ1) is 26.7. The van der Waals surface area contributed by atoms with Crippen LogP contribution in [-0.2, 0) is 11.2 Å². The Balaban J connectivity index is 1.62. The van der Waals surface area contributed by atoms with Crippen molar-refractivity contribution in [2.45, 2.75) is 33.1 Å². The molecule has 0 atom stereocenters. The molecule has 1 aliphatic heterocycles. The van der Waals surface area contributed by atoms with Gasteiger partial charge in [0.2, 0.25) is 0 Å². The van der Waals surface area contributed by atoms with E-state index in [1.807, 2.05) is 37.3 Å². The van der Waals surface area contributed by atoms with Gasteiger partial charge in [-0.1, -0.05) is 49.5 Å². The fourth-order valence-corrected chi connectivity index (χ4v) is 5.35.